The number of rotatable bonds is 2. The average molecular weight is 497 g/mol. The normalized spacial score (nSPS) is 25.8. The number of anilines is 1. The van der Waals surface area contributed by atoms with Crippen molar-refractivity contribution < 1.29 is 9.59 Å². The Bertz CT molecular complexity index is 1280. The van der Waals surface area contributed by atoms with Crippen LogP contribution in [-0.4, -0.2) is 33.1 Å². The van der Waals surface area contributed by atoms with Gasteiger partial charge in [0.1, 0.15) is 4.32 Å². The van der Waals surface area contributed by atoms with Gasteiger partial charge in [-0.3, -0.25) is 14.5 Å². The third kappa shape index (κ3) is 3.14. The molecular weight excluding hydrogens is 472 g/mol. The first-order valence-electron chi connectivity index (χ1n) is 11.0. The molecule has 0 aliphatic carbocycles. The monoisotopic (exact) mass is 496 g/mol. The lowest BCUT2D eigenvalue weighted by Crippen LogP contribution is -2.54. The molecule has 3 aliphatic rings. The second-order valence-electron chi connectivity index (χ2n) is 9.80. The van der Waals surface area contributed by atoms with Crippen molar-refractivity contribution in [2.24, 2.45) is 0 Å². The number of amides is 2. The number of carbonyl (C=O) groups excluding carboxylic acids is 2. The Morgan fingerprint density at radius 1 is 1.09 bits per heavy atom. The first-order valence-corrected chi connectivity index (χ1v) is 12.6. The van der Waals surface area contributed by atoms with Crippen LogP contribution >= 0.6 is 35.6 Å². The van der Waals surface area contributed by atoms with Crippen LogP contribution < -0.4 is 4.90 Å². The summed E-state index contributed by atoms with van der Waals surface area (Å²) in [6, 6.07) is 12.2. The van der Waals surface area contributed by atoms with Crippen LogP contribution in [0.2, 0.25) is 5.02 Å². The number of likely N-dealkylation sites (N-methyl/N-ethyl adjacent to an activating group) is 1. The van der Waals surface area contributed by atoms with E-state index in [1.54, 1.807) is 4.90 Å². The molecule has 3 heterocycles. The fourth-order valence-electron chi connectivity index (χ4n) is 5.69. The van der Waals surface area contributed by atoms with Gasteiger partial charge in [0.05, 0.1) is 16.2 Å². The summed E-state index contributed by atoms with van der Waals surface area (Å²) in [5.41, 5.74) is 4.77. The second kappa shape index (κ2) is 7.42. The summed E-state index contributed by atoms with van der Waals surface area (Å²) in [6.07, 6.45) is 0.743. The number of hydrogen-bond donors (Lipinski definition) is 0. The molecule has 3 aliphatic heterocycles. The summed E-state index contributed by atoms with van der Waals surface area (Å²) in [4.78, 5) is 31.1. The van der Waals surface area contributed by atoms with E-state index in [9.17, 15) is 9.59 Å². The van der Waals surface area contributed by atoms with E-state index in [0.717, 1.165) is 34.4 Å². The van der Waals surface area contributed by atoms with E-state index in [1.165, 1.54) is 11.8 Å². The molecule has 7 heteroatoms. The molecule has 2 aromatic carbocycles. The number of benzene rings is 2. The Morgan fingerprint density at radius 2 is 1.76 bits per heavy atom. The molecule has 0 bridgehead atoms. The van der Waals surface area contributed by atoms with Crippen molar-refractivity contribution in [2.75, 3.05) is 11.4 Å². The topological polar surface area (TPSA) is 40.6 Å². The molecule has 0 radical (unpaired) electrons. The smallest absolute Gasteiger partial charge is 0.266 e. The highest BCUT2D eigenvalue weighted by molar-refractivity contribution is 8.26. The van der Waals surface area contributed by atoms with Crippen LogP contribution in [-0.2, 0) is 15.0 Å². The van der Waals surface area contributed by atoms with E-state index < -0.39 is 5.54 Å². The van der Waals surface area contributed by atoms with Gasteiger partial charge >= 0.3 is 0 Å². The summed E-state index contributed by atoms with van der Waals surface area (Å²) in [5.74, 6) is -0.291. The fourth-order valence-corrected chi connectivity index (χ4v) is 7.28. The van der Waals surface area contributed by atoms with E-state index in [4.69, 9.17) is 23.8 Å². The Balaban J connectivity index is 1.81. The van der Waals surface area contributed by atoms with Crippen molar-refractivity contribution >= 4 is 63.0 Å². The number of thiocarbonyl (C=S) groups is 1. The van der Waals surface area contributed by atoms with Gasteiger partial charge in [0.25, 0.3) is 11.8 Å². The largest absolute Gasteiger partial charge is 0.302 e. The number of aryl methyl sites for hydroxylation is 1. The zero-order chi connectivity index (χ0) is 23.9. The van der Waals surface area contributed by atoms with Crippen LogP contribution in [0.1, 0.15) is 56.4 Å². The van der Waals surface area contributed by atoms with Gasteiger partial charge < -0.3 is 4.90 Å². The first-order chi connectivity index (χ1) is 15.5. The molecule has 0 N–H and O–H groups in total. The number of nitrogens with zero attached hydrogens (tertiary/aromatic N) is 2. The summed E-state index contributed by atoms with van der Waals surface area (Å²) in [6.45, 7) is 10.9. The summed E-state index contributed by atoms with van der Waals surface area (Å²) in [5, 5.41) is 0.698. The SMILES string of the molecule is CCN1C(=O)/C(=C2/C(=O)N3c4c2cc(C)cc4C(C)(c2ccc(Cl)cc2)CC3(C)C)SC1=S. The quantitative estimate of drug-likeness (QED) is 0.373. The summed E-state index contributed by atoms with van der Waals surface area (Å²) in [7, 11) is 0. The van der Waals surface area contributed by atoms with Crippen molar-refractivity contribution in [1.29, 1.82) is 0 Å². The van der Waals surface area contributed by atoms with Gasteiger partial charge in [-0.2, -0.15) is 0 Å². The van der Waals surface area contributed by atoms with Crippen LogP contribution in [0.15, 0.2) is 41.3 Å². The lowest BCUT2D eigenvalue weighted by atomic mass is 9.65. The summed E-state index contributed by atoms with van der Waals surface area (Å²) < 4.78 is 0.505. The van der Waals surface area contributed by atoms with Crippen molar-refractivity contribution in [1.82, 2.24) is 4.90 Å². The minimum absolute atomic E-state index is 0.114. The fraction of sp³-hybridized carbons (Fsp3) is 0.346. The number of thioether (sulfide) groups is 1. The maximum Gasteiger partial charge on any atom is 0.266 e. The van der Waals surface area contributed by atoms with E-state index in [0.29, 0.717) is 26.4 Å². The molecule has 5 rings (SSSR count). The Morgan fingerprint density at radius 3 is 2.36 bits per heavy atom. The van der Waals surface area contributed by atoms with Crippen LogP contribution in [0.5, 0.6) is 0 Å². The van der Waals surface area contributed by atoms with Gasteiger partial charge in [-0.05, 0) is 63.4 Å². The van der Waals surface area contributed by atoms with Gasteiger partial charge in [0.15, 0.2) is 0 Å². The second-order valence-corrected chi connectivity index (χ2v) is 11.9. The molecule has 2 amide bonds. The Labute approximate surface area is 209 Å². The molecule has 1 unspecified atom stereocenters. The van der Waals surface area contributed by atoms with Gasteiger partial charge in [0.2, 0.25) is 0 Å². The zero-order valence-electron chi connectivity index (χ0n) is 19.3. The molecule has 33 heavy (non-hydrogen) atoms. The molecular formula is C26H25ClN2O2S2. The van der Waals surface area contributed by atoms with E-state index in [1.807, 2.05) is 36.9 Å². The molecule has 2 aromatic rings. The van der Waals surface area contributed by atoms with Crippen LogP contribution in [0.25, 0.3) is 5.57 Å². The van der Waals surface area contributed by atoms with Gasteiger partial charge in [-0.15, -0.1) is 0 Å². The molecule has 4 nitrogen and oxygen atoms in total. The molecule has 170 valence electrons. The first kappa shape index (κ1) is 22.6. The number of carbonyl (C=O) groups is 2. The van der Waals surface area contributed by atoms with Gasteiger partial charge in [0, 0.05) is 28.1 Å². The Kier molecular flexibility index (Phi) is 5.09. The predicted octanol–water partition coefficient (Wildman–Crippen LogP) is 6.07. The highest BCUT2D eigenvalue weighted by Crippen LogP contribution is 2.57. The maximum absolute atomic E-state index is 14.0. The molecule has 0 spiro atoms. The van der Waals surface area contributed by atoms with Gasteiger partial charge in [-0.1, -0.05) is 66.3 Å². The highest BCUT2D eigenvalue weighted by atomic mass is 35.5. The lowest BCUT2D eigenvalue weighted by molar-refractivity contribution is -0.122. The molecule has 1 fully saturated rings. The van der Waals surface area contributed by atoms with Crippen molar-refractivity contribution in [3.8, 4) is 0 Å². The van der Waals surface area contributed by atoms with Crippen molar-refractivity contribution in [3.05, 3.63) is 68.6 Å². The minimum Gasteiger partial charge on any atom is -0.302 e. The number of halogens is 1. The molecule has 1 saturated heterocycles. The van der Waals surface area contributed by atoms with Gasteiger partial charge in [-0.25, -0.2) is 0 Å². The third-order valence-electron chi connectivity index (χ3n) is 7.02. The average Bonchev–Trinajstić information content (AvgIpc) is 3.18. The van der Waals surface area contributed by atoms with Crippen LogP contribution in [0.4, 0.5) is 5.69 Å². The Hall–Kier alpha value is -2.15. The van der Waals surface area contributed by atoms with Crippen LogP contribution in [0, 0.1) is 6.92 Å². The lowest BCUT2D eigenvalue weighted by Gasteiger charge is -2.50. The predicted molar refractivity (Wildman–Crippen MR) is 140 cm³/mol. The zero-order valence-corrected chi connectivity index (χ0v) is 21.7. The van der Waals surface area contributed by atoms with E-state index in [-0.39, 0.29) is 17.2 Å². The third-order valence-corrected chi connectivity index (χ3v) is 8.72. The standard InChI is InChI=1S/C26H25ClN2O2S2/c1-6-28-23(31)21(33-24(28)32)19-17-11-14(2)12-18-20(17)29(22(19)30)25(3,4)13-26(18,5)15-7-9-16(27)10-8-15/h7-12H,6,13H2,1-5H3/b21-19-. The van der Waals surface area contributed by atoms with Crippen molar-refractivity contribution in [2.45, 2.75) is 52.0 Å². The van der Waals surface area contributed by atoms with Crippen molar-refractivity contribution in [3.63, 3.8) is 0 Å². The maximum atomic E-state index is 14.0. The molecule has 0 saturated carbocycles. The van der Waals surface area contributed by atoms with Crippen LogP contribution in [0.3, 0.4) is 0 Å². The van der Waals surface area contributed by atoms with E-state index >= 15 is 0 Å². The highest BCUT2D eigenvalue weighted by Gasteiger charge is 2.54. The minimum atomic E-state index is -0.456. The summed E-state index contributed by atoms with van der Waals surface area (Å²) >= 11 is 12.9. The molecule has 0 aromatic heterocycles. The number of hydrogen-bond acceptors (Lipinski definition) is 4. The molecule has 1 atom stereocenters. The van der Waals surface area contributed by atoms with E-state index in [2.05, 4.69) is 39.0 Å².